The number of anilines is 3. The van der Waals surface area contributed by atoms with Crippen molar-refractivity contribution in [3.63, 3.8) is 0 Å². The first-order valence-electron chi connectivity index (χ1n) is 14.1. The van der Waals surface area contributed by atoms with E-state index in [-0.39, 0.29) is 5.97 Å². The van der Waals surface area contributed by atoms with Crippen molar-refractivity contribution in [2.45, 2.75) is 25.3 Å². The number of aromatic nitrogens is 3. The molecule has 2 fully saturated rings. The molecule has 5 heterocycles. The molecule has 0 aliphatic carbocycles. The average Bonchev–Trinajstić information content (AvgIpc) is 3.67. The molecule has 2 aliphatic heterocycles. The fourth-order valence-electron chi connectivity index (χ4n) is 5.87. The molecule has 0 unspecified atom stereocenters. The Bertz CT molecular complexity index is 1500. The van der Waals surface area contributed by atoms with Crippen LogP contribution in [-0.2, 0) is 11.2 Å². The van der Waals surface area contributed by atoms with Gasteiger partial charge in [0.25, 0.3) is 0 Å². The lowest BCUT2D eigenvalue weighted by atomic mass is 10.0. The van der Waals surface area contributed by atoms with Crippen LogP contribution in [0.15, 0.2) is 41.9 Å². The molecule has 0 amide bonds. The molecule has 0 saturated carbocycles. The summed E-state index contributed by atoms with van der Waals surface area (Å²) in [6.07, 6.45) is 4.73. The van der Waals surface area contributed by atoms with Crippen molar-refractivity contribution in [1.29, 1.82) is 0 Å². The second-order valence-electron chi connectivity index (χ2n) is 10.7. The van der Waals surface area contributed by atoms with Gasteiger partial charge >= 0.3 is 5.97 Å². The van der Waals surface area contributed by atoms with Crippen molar-refractivity contribution in [3.8, 4) is 5.75 Å². The number of likely N-dealkylation sites (N-methyl/N-ethyl adjacent to an activating group) is 1. The van der Waals surface area contributed by atoms with Gasteiger partial charge in [0.15, 0.2) is 5.82 Å². The van der Waals surface area contributed by atoms with Gasteiger partial charge in [0.05, 0.1) is 25.4 Å². The fourth-order valence-corrected chi connectivity index (χ4v) is 6.64. The predicted octanol–water partition coefficient (Wildman–Crippen LogP) is 4.37. The number of nitrogens with zero attached hydrogens (tertiary/aromatic N) is 5. The first kappa shape index (κ1) is 27.5. The van der Waals surface area contributed by atoms with Crippen LogP contribution in [0, 0.1) is 0 Å². The third-order valence-electron chi connectivity index (χ3n) is 8.24. The Labute approximate surface area is 244 Å². The fraction of sp³-hybridized carbons (Fsp3) is 0.433. The van der Waals surface area contributed by atoms with Crippen LogP contribution in [0.2, 0.25) is 0 Å². The number of nitrogens with one attached hydrogen (secondary N) is 2. The number of piperazine rings is 1. The molecule has 0 radical (unpaired) electrons. The van der Waals surface area contributed by atoms with Crippen LogP contribution in [0.3, 0.4) is 0 Å². The number of benzene rings is 1. The van der Waals surface area contributed by atoms with Crippen LogP contribution in [0.5, 0.6) is 5.75 Å². The Balaban J connectivity index is 1.18. The minimum atomic E-state index is -0.382. The SMILES string of the molecule is COC(=O)c1sccc1Nc1nc(Cc2ccc(N3CCC(N4CCN(C)CC4)CC3)cc2OC)nc2cc[nH]c12. The van der Waals surface area contributed by atoms with Crippen molar-refractivity contribution in [3.05, 3.63) is 58.2 Å². The van der Waals surface area contributed by atoms with Gasteiger partial charge in [-0.05, 0) is 43.5 Å². The zero-order chi connectivity index (χ0) is 28.3. The molecule has 2 saturated heterocycles. The van der Waals surface area contributed by atoms with E-state index in [1.165, 1.54) is 63.2 Å². The molecule has 0 spiro atoms. The van der Waals surface area contributed by atoms with Gasteiger partial charge in [0.2, 0.25) is 0 Å². The molecule has 6 rings (SSSR count). The lowest BCUT2D eigenvalue weighted by Gasteiger charge is -2.42. The van der Waals surface area contributed by atoms with E-state index in [0.717, 1.165) is 35.4 Å². The smallest absolute Gasteiger partial charge is 0.350 e. The quantitative estimate of drug-likeness (QED) is 0.297. The van der Waals surface area contributed by atoms with Gasteiger partial charge < -0.3 is 29.6 Å². The molecular formula is C30H37N7O3S. The number of ether oxygens (including phenoxy) is 2. The summed E-state index contributed by atoms with van der Waals surface area (Å²) in [6.45, 7) is 6.80. The third kappa shape index (κ3) is 5.88. The monoisotopic (exact) mass is 575 g/mol. The second kappa shape index (κ2) is 12.1. The molecule has 10 nitrogen and oxygen atoms in total. The number of rotatable bonds is 8. The van der Waals surface area contributed by atoms with E-state index in [9.17, 15) is 4.79 Å². The van der Waals surface area contributed by atoms with Crippen molar-refractivity contribution in [1.82, 2.24) is 24.8 Å². The Hall–Kier alpha value is -3.67. The van der Waals surface area contributed by atoms with Crippen molar-refractivity contribution >= 4 is 45.5 Å². The summed E-state index contributed by atoms with van der Waals surface area (Å²) in [7, 11) is 5.31. The molecule has 2 aliphatic rings. The number of carbonyl (C=O) groups is 1. The van der Waals surface area contributed by atoms with E-state index < -0.39 is 0 Å². The maximum absolute atomic E-state index is 12.2. The number of piperidine rings is 1. The lowest BCUT2D eigenvalue weighted by molar-refractivity contribution is 0.0607. The minimum absolute atomic E-state index is 0.382. The highest BCUT2D eigenvalue weighted by Crippen LogP contribution is 2.32. The van der Waals surface area contributed by atoms with Crippen LogP contribution >= 0.6 is 11.3 Å². The Kier molecular flexibility index (Phi) is 8.09. The van der Waals surface area contributed by atoms with Crippen LogP contribution < -0.4 is 15.0 Å². The second-order valence-corrected chi connectivity index (χ2v) is 11.7. The maximum atomic E-state index is 12.2. The van der Waals surface area contributed by atoms with E-state index in [0.29, 0.717) is 34.7 Å². The number of methoxy groups -OCH3 is 2. The van der Waals surface area contributed by atoms with Crippen molar-refractivity contribution < 1.29 is 14.3 Å². The standard InChI is InChI=1S/C30H37N7O3S/c1-35-13-15-37(16-14-35)21-7-11-36(12-8-21)22-5-4-20(25(19-22)39-2)18-26-32-23-6-10-31-27(23)29(34-26)33-24-9-17-41-28(24)30(38)40-3/h4-6,9-10,17,19,21,31H,7-8,11-16,18H2,1-3H3,(H,32,33,34). The van der Waals surface area contributed by atoms with E-state index in [1.54, 1.807) is 7.11 Å². The normalized spacial score (nSPS) is 17.2. The van der Waals surface area contributed by atoms with E-state index in [4.69, 9.17) is 19.4 Å². The predicted molar refractivity (Wildman–Crippen MR) is 163 cm³/mol. The maximum Gasteiger partial charge on any atom is 0.350 e. The Morgan fingerprint density at radius 2 is 1.88 bits per heavy atom. The highest BCUT2D eigenvalue weighted by molar-refractivity contribution is 7.12. The van der Waals surface area contributed by atoms with Gasteiger partial charge in [-0.15, -0.1) is 11.3 Å². The summed E-state index contributed by atoms with van der Waals surface area (Å²) in [6, 6.07) is 10.9. The van der Waals surface area contributed by atoms with E-state index in [1.807, 2.05) is 23.7 Å². The molecular weight excluding hydrogens is 538 g/mol. The van der Waals surface area contributed by atoms with Crippen LogP contribution in [-0.4, -0.2) is 97.3 Å². The molecule has 216 valence electrons. The number of fused-ring (bicyclic) bond motifs is 1. The molecule has 41 heavy (non-hydrogen) atoms. The molecule has 0 bridgehead atoms. The van der Waals surface area contributed by atoms with Gasteiger partial charge in [-0.3, -0.25) is 4.90 Å². The zero-order valence-corrected chi connectivity index (χ0v) is 24.7. The van der Waals surface area contributed by atoms with Gasteiger partial charge in [-0.25, -0.2) is 14.8 Å². The Morgan fingerprint density at radius 1 is 1.07 bits per heavy atom. The van der Waals surface area contributed by atoms with Gasteiger partial charge in [0, 0.05) is 75.2 Å². The lowest BCUT2D eigenvalue weighted by Crippen LogP contribution is -2.52. The number of hydrogen-bond donors (Lipinski definition) is 2. The van der Waals surface area contributed by atoms with Crippen LogP contribution in [0.25, 0.3) is 11.0 Å². The zero-order valence-electron chi connectivity index (χ0n) is 23.9. The Morgan fingerprint density at radius 3 is 2.63 bits per heavy atom. The molecule has 1 aromatic carbocycles. The molecule has 3 aromatic heterocycles. The molecule has 0 atom stereocenters. The number of hydrogen-bond acceptors (Lipinski definition) is 10. The molecule has 11 heteroatoms. The average molecular weight is 576 g/mol. The first-order chi connectivity index (χ1) is 20.0. The highest BCUT2D eigenvalue weighted by atomic mass is 32.1. The number of thiophene rings is 1. The van der Waals surface area contributed by atoms with E-state index in [2.05, 4.69) is 50.2 Å². The summed E-state index contributed by atoms with van der Waals surface area (Å²) in [5.41, 5.74) is 4.44. The van der Waals surface area contributed by atoms with Gasteiger partial charge in [0.1, 0.15) is 22.0 Å². The van der Waals surface area contributed by atoms with Crippen LogP contribution in [0.1, 0.15) is 33.9 Å². The third-order valence-corrected chi connectivity index (χ3v) is 9.14. The summed E-state index contributed by atoms with van der Waals surface area (Å²) in [4.78, 5) is 33.1. The number of esters is 1. The van der Waals surface area contributed by atoms with Gasteiger partial charge in [-0.1, -0.05) is 6.07 Å². The number of H-pyrrole nitrogens is 1. The number of carbonyl (C=O) groups excluding carboxylic acids is 1. The van der Waals surface area contributed by atoms with Gasteiger partial charge in [-0.2, -0.15) is 0 Å². The summed E-state index contributed by atoms with van der Waals surface area (Å²) < 4.78 is 10.8. The summed E-state index contributed by atoms with van der Waals surface area (Å²) >= 11 is 1.33. The molecule has 2 N–H and O–H groups in total. The van der Waals surface area contributed by atoms with E-state index >= 15 is 0 Å². The first-order valence-corrected chi connectivity index (χ1v) is 15.0. The number of aromatic amines is 1. The topological polar surface area (TPSA) is 98.8 Å². The van der Waals surface area contributed by atoms with Crippen LogP contribution in [0.4, 0.5) is 17.2 Å². The summed E-state index contributed by atoms with van der Waals surface area (Å²) in [5.74, 6) is 1.72. The summed E-state index contributed by atoms with van der Waals surface area (Å²) in [5, 5.41) is 5.17. The van der Waals surface area contributed by atoms with Crippen molar-refractivity contribution in [2.24, 2.45) is 0 Å². The largest absolute Gasteiger partial charge is 0.496 e. The van der Waals surface area contributed by atoms with Crippen molar-refractivity contribution in [2.75, 3.05) is 70.8 Å². The minimum Gasteiger partial charge on any atom is -0.496 e. The molecule has 4 aromatic rings. The highest BCUT2D eigenvalue weighted by Gasteiger charge is 2.27.